The molecule has 1 aromatic heterocycles. The third-order valence-corrected chi connectivity index (χ3v) is 2.99. The van der Waals surface area contributed by atoms with Crippen molar-refractivity contribution in [2.45, 2.75) is 25.8 Å². The first-order chi connectivity index (χ1) is 7.38. The molecular formula is C11H16N4. The highest BCUT2D eigenvalue weighted by Crippen LogP contribution is 2.16. The number of nitrogens with one attached hydrogen (secondary N) is 1. The molecule has 0 saturated carbocycles. The smallest absolute Gasteiger partial charge is 0.102 e. The predicted octanol–water partition coefficient (Wildman–Crippen LogP) is 1.14. The Morgan fingerprint density at radius 3 is 3.00 bits per heavy atom. The molecule has 0 unspecified atom stereocenters. The van der Waals surface area contributed by atoms with Crippen molar-refractivity contribution in [3.8, 4) is 6.07 Å². The van der Waals surface area contributed by atoms with Crippen LogP contribution in [0.1, 0.15) is 24.8 Å². The average molecular weight is 204 g/mol. The highest BCUT2D eigenvalue weighted by molar-refractivity contribution is 5.21. The van der Waals surface area contributed by atoms with Gasteiger partial charge in [-0.1, -0.05) is 0 Å². The second kappa shape index (κ2) is 4.94. The second-order valence-corrected chi connectivity index (χ2v) is 4.09. The number of nitrogens with zero attached hydrogens (tertiary/aromatic N) is 3. The molecule has 2 heterocycles. The van der Waals surface area contributed by atoms with Gasteiger partial charge in [0.1, 0.15) is 6.07 Å². The molecule has 1 saturated heterocycles. The fourth-order valence-electron chi connectivity index (χ4n) is 2.03. The summed E-state index contributed by atoms with van der Waals surface area (Å²) in [5, 5.41) is 16.2. The molecule has 1 aromatic rings. The Kier molecular flexibility index (Phi) is 3.36. The van der Waals surface area contributed by atoms with Crippen LogP contribution in [0.15, 0.2) is 12.4 Å². The van der Waals surface area contributed by atoms with Gasteiger partial charge in [0.05, 0.1) is 11.8 Å². The van der Waals surface area contributed by atoms with Crippen LogP contribution >= 0.6 is 0 Å². The normalized spacial score (nSPS) is 17.5. The third kappa shape index (κ3) is 2.80. The van der Waals surface area contributed by atoms with Gasteiger partial charge < -0.3 is 5.32 Å². The molecule has 0 aromatic carbocycles. The summed E-state index contributed by atoms with van der Waals surface area (Å²) in [4.78, 5) is 0. The lowest BCUT2D eigenvalue weighted by molar-refractivity contribution is 0.332. The Hall–Kier alpha value is -1.34. The minimum absolute atomic E-state index is 0.653. The van der Waals surface area contributed by atoms with E-state index < -0.39 is 0 Å². The second-order valence-electron chi connectivity index (χ2n) is 4.09. The summed E-state index contributed by atoms with van der Waals surface area (Å²) in [5.41, 5.74) is 0.653. The summed E-state index contributed by atoms with van der Waals surface area (Å²) < 4.78 is 1.88. The molecule has 4 nitrogen and oxygen atoms in total. The van der Waals surface area contributed by atoms with E-state index in [-0.39, 0.29) is 0 Å². The van der Waals surface area contributed by atoms with Crippen molar-refractivity contribution in [2.24, 2.45) is 5.92 Å². The number of piperidine rings is 1. The molecule has 0 aliphatic carbocycles. The fraction of sp³-hybridized carbons (Fsp3) is 0.636. The van der Waals surface area contributed by atoms with Crippen molar-refractivity contribution in [2.75, 3.05) is 13.1 Å². The molecule has 1 aliphatic rings. The summed E-state index contributed by atoms with van der Waals surface area (Å²) in [7, 11) is 0. The Bertz CT molecular complexity index is 344. The Morgan fingerprint density at radius 1 is 1.53 bits per heavy atom. The molecule has 1 fully saturated rings. The quantitative estimate of drug-likeness (QED) is 0.803. The first-order valence-electron chi connectivity index (χ1n) is 5.52. The Balaban J connectivity index is 1.79. The van der Waals surface area contributed by atoms with Crippen molar-refractivity contribution < 1.29 is 0 Å². The van der Waals surface area contributed by atoms with Crippen LogP contribution in [-0.4, -0.2) is 22.9 Å². The van der Waals surface area contributed by atoms with Gasteiger partial charge in [0, 0.05) is 12.7 Å². The van der Waals surface area contributed by atoms with Crippen LogP contribution in [0.4, 0.5) is 0 Å². The van der Waals surface area contributed by atoms with E-state index in [2.05, 4.69) is 16.5 Å². The molecule has 4 heteroatoms. The van der Waals surface area contributed by atoms with Crippen LogP contribution in [0.3, 0.4) is 0 Å². The summed E-state index contributed by atoms with van der Waals surface area (Å²) in [6, 6.07) is 2.09. The van der Waals surface area contributed by atoms with Crippen LogP contribution < -0.4 is 5.32 Å². The average Bonchev–Trinajstić information content (AvgIpc) is 2.76. The van der Waals surface area contributed by atoms with Crippen molar-refractivity contribution in [3.63, 3.8) is 0 Å². The first-order valence-corrected chi connectivity index (χ1v) is 5.52. The van der Waals surface area contributed by atoms with Crippen LogP contribution in [0.2, 0.25) is 0 Å². The maximum Gasteiger partial charge on any atom is 0.102 e. The lowest BCUT2D eigenvalue weighted by Gasteiger charge is -2.22. The SMILES string of the molecule is N#Cc1cnn(CCC2CCNCC2)c1. The zero-order valence-corrected chi connectivity index (χ0v) is 8.82. The highest BCUT2D eigenvalue weighted by Gasteiger charge is 2.12. The van der Waals surface area contributed by atoms with E-state index in [4.69, 9.17) is 5.26 Å². The molecule has 0 amide bonds. The van der Waals surface area contributed by atoms with Crippen molar-refractivity contribution in [3.05, 3.63) is 18.0 Å². The molecular weight excluding hydrogens is 188 g/mol. The minimum Gasteiger partial charge on any atom is -0.317 e. The number of aromatic nitrogens is 2. The van der Waals surface area contributed by atoms with E-state index in [1.165, 1.54) is 19.3 Å². The highest BCUT2D eigenvalue weighted by atomic mass is 15.3. The van der Waals surface area contributed by atoms with Crippen molar-refractivity contribution in [1.82, 2.24) is 15.1 Å². The maximum absolute atomic E-state index is 8.66. The van der Waals surface area contributed by atoms with Gasteiger partial charge in [-0.05, 0) is 38.3 Å². The van der Waals surface area contributed by atoms with Crippen molar-refractivity contribution in [1.29, 1.82) is 5.26 Å². The number of hydrogen-bond donors (Lipinski definition) is 1. The lowest BCUT2D eigenvalue weighted by Crippen LogP contribution is -2.28. The zero-order valence-electron chi connectivity index (χ0n) is 8.82. The van der Waals surface area contributed by atoms with Gasteiger partial charge in [-0.25, -0.2) is 0 Å². The van der Waals surface area contributed by atoms with Gasteiger partial charge >= 0.3 is 0 Å². The van der Waals surface area contributed by atoms with E-state index in [1.54, 1.807) is 6.20 Å². The van der Waals surface area contributed by atoms with Gasteiger partial charge in [0.2, 0.25) is 0 Å². The molecule has 0 atom stereocenters. The van der Waals surface area contributed by atoms with Crippen molar-refractivity contribution >= 4 is 0 Å². The summed E-state index contributed by atoms with van der Waals surface area (Å²) in [5.74, 6) is 0.820. The van der Waals surface area contributed by atoms with Crippen LogP contribution in [0.5, 0.6) is 0 Å². The molecule has 0 bridgehead atoms. The molecule has 0 radical (unpaired) electrons. The molecule has 15 heavy (non-hydrogen) atoms. The number of nitriles is 1. The minimum atomic E-state index is 0.653. The van der Waals surface area contributed by atoms with Gasteiger partial charge in [-0.15, -0.1) is 0 Å². The number of rotatable bonds is 3. The number of hydrogen-bond acceptors (Lipinski definition) is 3. The standard InChI is InChI=1S/C11H16N4/c12-7-11-8-14-15(9-11)6-3-10-1-4-13-5-2-10/h8-10,13H,1-6H2. The van der Waals surface area contributed by atoms with Gasteiger partial charge in [0.25, 0.3) is 0 Å². The zero-order chi connectivity index (χ0) is 10.5. The monoisotopic (exact) mass is 204 g/mol. The molecule has 0 spiro atoms. The number of aryl methyl sites for hydroxylation is 1. The van der Waals surface area contributed by atoms with E-state index in [9.17, 15) is 0 Å². The summed E-state index contributed by atoms with van der Waals surface area (Å²) >= 11 is 0. The molecule has 1 N–H and O–H groups in total. The van der Waals surface area contributed by atoms with Crippen LogP contribution in [-0.2, 0) is 6.54 Å². The Morgan fingerprint density at radius 2 is 2.33 bits per heavy atom. The summed E-state index contributed by atoms with van der Waals surface area (Å²) in [6.45, 7) is 3.23. The third-order valence-electron chi connectivity index (χ3n) is 2.99. The van der Waals surface area contributed by atoms with Gasteiger partial charge in [0.15, 0.2) is 0 Å². The fourth-order valence-corrected chi connectivity index (χ4v) is 2.03. The summed E-state index contributed by atoms with van der Waals surface area (Å²) in [6.07, 6.45) is 7.16. The van der Waals surface area contributed by atoms with E-state index >= 15 is 0 Å². The van der Waals surface area contributed by atoms with Gasteiger partial charge in [-0.2, -0.15) is 10.4 Å². The maximum atomic E-state index is 8.66. The molecule has 1 aliphatic heterocycles. The van der Waals surface area contributed by atoms with E-state index in [1.807, 2.05) is 10.9 Å². The lowest BCUT2D eigenvalue weighted by atomic mass is 9.95. The van der Waals surface area contributed by atoms with E-state index in [0.717, 1.165) is 25.6 Å². The largest absolute Gasteiger partial charge is 0.317 e. The first kappa shape index (κ1) is 10.2. The van der Waals surface area contributed by atoms with E-state index in [0.29, 0.717) is 5.56 Å². The van der Waals surface area contributed by atoms with Crippen LogP contribution in [0.25, 0.3) is 0 Å². The Labute approximate surface area is 89.9 Å². The molecule has 80 valence electrons. The topological polar surface area (TPSA) is 53.6 Å². The van der Waals surface area contributed by atoms with Gasteiger partial charge in [-0.3, -0.25) is 4.68 Å². The predicted molar refractivity (Wildman–Crippen MR) is 57.2 cm³/mol. The van der Waals surface area contributed by atoms with Crippen LogP contribution in [0, 0.1) is 17.2 Å². The molecule has 2 rings (SSSR count).